The fourth-order valence-corrected chi connectivity index (χ4v) is 1.80. The quantitative estimate of drug-likeness (QED) is 0.906. The summed E-state index contributed by atoms with van der Waals surface area (Å²) in [5.74, 6) is -0.172. The Labute approximate surface area is 122 Å². The standard InChI is InChI=1S/C15H12ClN3O/c16-12-2-1-3-14(8-12)18-10-15(20)19-13-6-4-11(9-17)5-7-13/h1-8,18H,10H2,(H,19,20). The molecule has 0 bridgehead atoms. The smallest absolute Gasteiger partial charge is 0.243 e. The average molecular weight is 286 g/mol. The van der Waals surface area contributed by atoms with Crippen molar-refractivity contribution in [1.82, 2.24) is 0 Å². The highest BCUT2D eigenvalue weighted by molar-refractivity contribution is 6.30. The second-order valence-electron chi connectivity index (χ2n) is 4.10. The normalized spacial score (nSPS) is 9.60. The molecule has 0 saturated heterocycles. The summed E-state index contributed by atoms with van der Waals surface area (Å²) in [5.41, 5.74) is 1.99. The molecule has 0 fully saturated rings. The molecule has 0 aliphatic rings. The highest BCUT2D eigenvalue weighted by Crippen LogP contribution is 2.14. The van der Waals surface area contributed by atoms with Gasteiger partial charge in [-0.2, -0.15) is 5.26 Å². The maximum absolute atomic E-state index is 11.8. The molecule has 5 heteroatoms. The third kappa shape index (κ3) is 4.01. The first kappa shape index (κ1) is 13.9. The van der Waals surface area contributed by atoms with Crippen molar-refractivity contribution in [2.45, 2.75) is 0 Å². The second kappa shape index (κ2) is 6.60. The molecule has 2 N–H and O–H groups in total. The third-order valence-corrected chi connectivity index (χ3v) is 2.81. The van der Waals surface area contributed by atoms with E-state index in [-0.39, 0.29) is 12.5 Å². The fraction of sp³-hybridized carbons (Fsp3) is 0.0667. The highest BCUT2D eigenvalue weighted by Gasteiger charge is 2.02. The monoisotopic (exact) mass is 285 g/mol. The molecule has 2 aromatic carbocycles. The first-order valence-corrected chi connectivity index (χ1v) is 6.34. The van der Waals surface area contributed by atoms with Gasteiger partial charge < -0.3 is 10.6 Å². The Kier molecular flexibility index (Phi) is 4.59. The molecule has 0 spiro atoms. The van der Waals surface area contributed by atoms with Gasteiger partial charge in [-0.05, 0) is 42.5 Å². The van der Waals surface area contributed by atoms with Crippen molar-refractivity contribution in [3.8, 4) is 6.07 Å². The summed E-state index contributed by atoms with van der Waals surface area (Å²) in [6, 6.07) is 15.9. The number of rotatable bonds is 4. The van der Waals surface area contributed by atoms with Gasteiger partial charge in [0.15, 0.2) is 0 Å². The Bertz CT molecular complexity index is 647. The maximum Gasteiger partial charge on any atom is 0.243 e. The molecular weight excluding hydrogens is 274 g/mol. The summed E-state index contributed by atoms with van der Waals surface area (Å²) >= 11 is 5.85. The number of nitrogens with one attached hydrogen (secondary N) is 2. The molecule has 0 radical (unpaired) electrons. The molecule has 0 unspecified atom stereocenters. The molecule has 0 aromatic heterocycles. The number of halogens is 1. The van der Waals surface area contributed by atoms with Gasteiger partial charge >= 0.3 is 0 Å². The number of benzene rings is 2. The van der Waals surface area contributed by atoms with E-state index >= 15 is 0 Å². The van der Waals surface area contributed by atoms with E-state index in [0.29, 0.717) is 16.3 Å². The number of nitrogens with zero attached hydrogens (tertiary/aromatic N) is 1. The van der Waals surface area contributed by atoms with E-state index in [1.165, 1.54) is 0 Å². The number of hydrogen-bond acceptors (Lipinski definition) is 3. The molecule has 4 nitrogen and oxygen atoms in total. The molecule has 2 rings (SSSR count). The highest BCUT2D eigenvalue weighted by atomic mass is 35.5. The summed E-state index contributed by atoms with van der Waals surface area (Å²) < 4.78 is 0. The summed E-state index contributed by atoms with van der Waals surface area (Å²) in [6.07, 6.45) is 0. The van der Waals surface area contributed by atoms with E-state index in [1.54, 1.807) is 36.4 Å². The van der Waals surface area contributed by atoms with Crippen LogP contribution in [0.4, 0.5) is 11.4 Å². The van der Waals surface area contributed by atoms with Crippen LogP contribution >= 0.6 is 11.6 Å². The van der Waals surface area contributed by atoms with Crippen molar-refractivity contribution in [2.75, 3.05) is 17.2 Å². The molecule has 1 amide bonds. The van der Waals surface area contributed by atoms with Gasteiger partial charge in [0.25, 0.3) is 0 Å². The Morgan fingerprint density at radius 3 is 2.55 bits per heavy atom. The number of anilines is 2. The first-order valence-electron chi connectivity index (χ1n) is 5.97. The molecular formula is C15H12ClN3O. The zero-order chi connectivity index (χ0) is 14.4. The van der Waals surface area contributed by atoms with Crippen LogP contribution < -0.4 is 10.6 Å². The minimum atomic E-state index is -0.172. The molecule has 20 heavy (non-hydrogen) atoms. The van der Waals surface area contributed by atoms with Crippen LogP contribution in [0.25, 0.3) is 0 Å². The van der Waals surface area contributed by atoms with Gasteiger partial charge in [0, 0.05) is 16.4 Å². The Morgan fingerprint density at radius 1 is 1.15 bits per heavy atom. The Hall–Kier alpha value is -2.51. The SMILES string of the molecule is N#Cc1ccc(NC(=O)CNc2cccc(Cl)c2)cc1. The fourth-order valence-electron chi connectivity index (χ4n) is 1.61. The lowest BCUT2D eigenvalue weighted by molar-refractivity contribution is -0.114. The summed E-state index contributed by atoms with van der Waals surface area (Å²) in [7, 11) is 0. The van der Waals surface area contributed by atoms with Crippen molar-refractivity contribution in [2.24, 2.45) is 0 Å². The van der Waals surface area contributed by atoms with E-state index in [1.807, 2.05) is 18.2 Å². The van der Waals surface area contributed by atoms with Gasteiger partial charge in [-0.15, -0.1) is 0 Å². The number of nitriles is 1. The molecule has 0 aliphatic carbocycles. The first-order chi connectivity index (χ1) is 9.67. The molecule has 100 valence electrons. The van der Waals surface area contributed by atoms with E-state index < -0.39 is 0 Å². The van der Waals surface area contributed by atoms with Crippen LogP contribution in [0.15, 0.2) is 48.5 Å². The number of amides is 1. The van der Waals surface area contributed by atoms with Crippen LogP contribution in [-0.4, -0.2) is 12.5 Å². The van der Waals surface area contributed by atoms with Gasteiger partial charge in [0.05, 0.1) is 18.2 Å². The number of carbonyl (C=O) groups excluding carboxylic acids is 1. The van der Waals surface area contributed by atoms with E-state index in [4.69, 9.17) is 16.9 Å². The summed E-state index contributed by atoms with van der Waals surface area (Å²) in [6.45, 7) is 0.139. The second-order valence-corrected chi connectivity index (χ2v) is 4.54. The van der Waals surface area contributed by atoms with Gasteiger partial charge in [-0.1, -0.05) is 17.7 Å². The van der Waals surface area contributed by atoms with E-state index in [2.05, 4.69) is 10.6 Å². The lowest BCUT2D eigenvalue weighted by atomic mass is 10.2. The van der Waals surface area contributed by atoms with Gasteiger partial charge in [-0.25, -0.2) is 0 Å². The molecule has 2 aromatic rings. The Balaban J connectivity index is 1.87. The summed E-state index contributed by atoms with van der Waals surface area (Å²) in [4.78, 5) is 11.8. The Morgan fingerprint density at radius 2 is 1.90 bits per heavy atom. The van der Waals surface area contributed by atoms with E-state index in [0.717, 1.165) is 5.69 Å². The van der Waals surface area contributed by atoms with Gasteiger partial charge in [-0.3, -0.25) is 4.79 Å². The van der Waals surface area contributed by atoms with Crippen molar-refractivity contribution >= 4 is 28.9 Å². The average Bonchev–Trinajstić information content (AvgIpc) is 2.46. The zero-order valence-electron chi connectivity index (χ0n) is 10.6. The topological polar surface area (TPSA) is 64.9 Å². The van der Waals surface area contributed by atoms with Crippen LogP contribution in [0, 0.1) is 11.3 Å². The van der Waals surface area contributed by atoms with Crippen LogP contribution in [0.2, 0.25) is 5.02 Å². The predicted octanol–water partition coefficient (Wildman–Crippen LogP) is 3.26. The van der Waals surface area contributed by atoms with Crippen molar-refractivity contribution in [1.29, 1.82) is 5.26 Å². The maximum atomic E-state index is 11.8. The minimum Gasteiger partial charge on any atom is -0.376 e. The van der Waals surface area contributed by atoms with E-state index in [9.17, 15) is 4.79 Å². The lowest BCUT2D eigenvalue weighted by Gasteiger charge is -2.08. The zero-order valence-corrected chi connectivity index (χ0v) is 11.3. The van der Waals surface area contributed by atoms with Crippen molar-refractivity contribution < 1.29 is 4.79 Å². The molecule has 0 aliphatic heterocycles. The summed E-state index contributed by atoms with van der Waals surface area (Å²) in [5, 5.41) is 15.0. The minimum absolute atomic E-state index is 0.139. The molecule has 0 atom stereocenters. The van der Waals surface area contributed by atoms with Crippen molar-refractivity contribution in [3.63, 3.8) is 0 Å². The van der Waals surface area contributed by atoms with Gasteiger partial charge in [0.1, 0.15) is 0 Å². The third-order valence-electron chi connectivity index (χ3n) is 2.58. The van der Waals surface area contributed by atoms with Crippen LogP contribution in [-0.2, 0) is 4.79 Å². The predicted molar refractivity (Wildman–Crippen MR) is 79.7 cm³/mol. The van der Waals surface area contributed by atoms with Gasteiger partial charge in [0.2, 0.25) is 5.91 Å². The van der Waals surface area contributed by atoms with Crippen LogP contribution in [0.3, 0.4) is 0 Å². The number of carbonyl (C=O) groups is 1. The van der Waals surface area contributed by atoms with Crippen LogP contribution in [0.5, 0.6) is 0 Å². The van der Waals surface area contributed by atoms with Crippen molar-refractivity contribution in [3.05, 3.63) is 59.1 Å². The lowest BCUT2D eigenvalue weighted by Crippen LogP contribution is -2.21. The largest absolute Gasteiger partial charge is 0.376 e. The van der Waals surface area contributed by atoms with Crippen LogP contribution in [0.1, 0.15) is 5.56 Å². The molecule has 0 saturated carbocycles. The number of hydrogen-bond donors (Lipinski definition) is 2. The molecule has 0 heterocycles.